The first-order valence-electron chi connectivity index (χ1n) is 6.17. The lowest BCUT2D eigenvalue weighted by atomic mass is 9.88. The molecular weight excluding hydrogens is 184 g/mol. The van der Waals surface area contributed by atoms with E-state index in [1.165, 1.54) is 31.3 Å². The fraction of sp³-hybridized carbons (Fsp3) is 0.857. The summed E-state index contributed by atoms with van der Waals surface area (Å²) in [6.07, 6.45) is 8.39. The summed E-state index contributed by atoms with van der Waals surface area (Å²) in [5.74, 6) is 0. The Morgan fingerprint density at radius 1 is 1.27 bits per heavy atom. The Balaban J connectivity index is 2.63. The standard InChI is InChI=1S/C14H26O/c1-12-8-6-7-10-14(5,11-9-12)15-13(2,3)4/h8H,6-7,9-11H2,1-5H3/b12-8-. The van der Waals surface area contributed by atoms with E-state index < -0.39 is 0 Å². The van der Waals surface area contributed by atoms with Crippen LogP contribution in [-0.4, -0.2) is 11.2 Å². The first-order chi connectivity index (χ1) is 6.81. The molecule has 0 bridgehead atoms. The predicted molar refractivity (Wildman–Crippen MR) is 66.1 cm³/mol. The van der Waals surface area contributed by atoms with E-state index in [1.807, 2.05) is 0 Å². The van der Waals surface area contributed by atoms with Gasteiger partial charge in [-0.2, -0.15) is 0 Å². The van der Waals surface area contributed by atoms with Gasteiger partial charge in [0.15, 0.2) is 0 Å². The number of hydrogen-bond acceptors (Lipinski definition) is 1. The van der Waals surface area contributed by atoms with Gasteiger partial charge in [-0.15, -0.1) is 0 Å². The van der Waals surface area contributed by atoms with E-state index in [1.54, 1.807) is 0 Å². The molecule has 1 nitrogen and oxygen atoms in total. The number of hydrogen-bond donors (Lipinski definition) is 0. The molecule has 1 atom stereocenters. The zero-order valence-corrected chi connectivity index (χ0v) is 11.0. The maximum Gasteiger partial charge on any atom is 0.0664 e. The van der Waals surface area contributed by atoms with E-state index in [2.05, 4.69) is 40.7 Å². The summed E-state index contributed by atoms with van der Waals surface area (Å²) in [6, 6.07) is 0. The highest BCUT2D eigenvalue weighted by molar-refractivity contribution is 5.01. The summed E-state index contributed by atoms with van der Waals surface area (Å²) in [6.45, 7) is 11.0. The zero-order chi connectivity index (χ0) is 11.5. The third kappa shape index (κ3) is 4.83. The second-order valence-electron chi connectivity index (χ2n) is 6.11. The van der Waals surface area contributed by atoms with Crippen molar-refractivity contribution in [3.05, 3.63) is 11.6 Å². The second-order valence-corrected chi connectivity index (χ2v) is 6.11. The van der Waals surface area contributed by atoms with Gasteiger partial charge in [0.05, 0.1) is 11.2 Å². The molecule has 0 radical (unpaired) electrons. The molecule has 1 unspecified atom stereocenters. The molecule has 0 aliphatic heterocycles. The Labute approximate surface area is 94.9 Å². The van der Waals surface area contributed by atoms with E-state index in [0.717, 1.165) is 6.42 Å². The smallest absolute Gasteiger partial charge is 0.0664 e. The average molecular weight is 210 g/mol. The highest BCUT2D eigenvalue weighted by Crippen LogP contribution is 2.32. The number of allylic oxidation sites excluding steroid dienone is 2. The topological polar surface area (TPSA) is 9.23 Å². The predicted octanol–water partition coefficient (Wildman–Crippen LogP) is 4.47. The quantitative estimate of drug-likeness (QED) is 0.580. The van der Waals surface area contributed by atoms with Crippen LogP contribution in [0.5, 0.6) is 0 Å². The van der Waals surface area contributed by atoms with Crippen molar-refractivity contribution in [2.45, 2.75) is 77.9 Å². The monoisotopic (exact) mass is 210 g/mol. The third-order valence-electron chi connectivity index (χ3n) is 3.00. The summed E-state index contributed by atoms with van der Waals surface area (Å²) in [4.78, 5) is 0. The van der Waals surface area contributed by atoms with Crippen LogP contribution >= 0.6 is 0 Å². The Kier molecular flexibility index (Phi) is 3.99. The molecule has 0 amide bonds. The fourth-order valence-electron chi connectivity index (χ4n) is 2.35. The fourth-order valence-corrected chi connectivity index (χ4v) is 2.35. The van der Waals surface area contributed by atoms with Crippen molar-refractivity contribution < 1.29 is 4.74 Å². The molecule has 0 heterocycles. The second kappa shape index (κ2) is 4.69. The maximum absolute atomic E-state index is 6.22. The van der Waals surface area contributed by atoms with Gasteiger partial charge in [0.1, 0.15) is 0 Å². The normalized spacial score (nSPS) is 32.7. The molecule has 1 rings (SSSR count). The molecular formula is C14H26O. The molecule has 0 saturated carbocycles. The van der Waals surface area contributed by atoms with Gasteiger partial charge in [0.25, 0.3) is 0 Å². The van der Waals surface area contributed by atoms with E-state index in [0.29, 0.717) is 0 Å². The van der Waals surface area contributed by atoms with Crippen LogP contribution in [0.15, 0.2) is 11.6 Å². The third-order valence-corrected chi connectivity index (χ3v) is 3.00. The molecule has 15 heavy (non-hydrogen) atoms. The molecule has 0 saturated heterocycles. The Hall–Kier alpha value is -0.300. The van der Waals surface area contributed by atoms with Gasteiger partial charge in [-0.1, -0.05) is 11.6 Å². The molecule has 0 N–H and O–H groups in total. The Morgan fingerprint density at radius 3 is 2.53 bits per heavy atom. The van der Waals surface area contributed by atoms with Crippen LogP contribution in [0.1, 0.15) is 66.7 Å². The van der Waals surface area contributed by atoms with Crippen molar-refractivity contribution in [1.29, 1.82) is 0 Å². The first kappa shape index (κ1) is 12.8. The molecule has 88 valence electrons. The van der Waals surface area contributed by atoms with Crippen molar-refractivity contribution in [3.8, 4) is 0 Å². The van der Waals surface area contributed by atoms with Crippen LogP contribution < -0.4 is 0 Å². The largest absolute Gasteiger partial charge is 0.370 e. The minimum Gasteiger partial charge on any atom is -0.370 e. The summed E-state index contributed by atoms with van der Waals surface area (Å²) in [5, 5.41) is 0. The van der Waals surface area contributed by atoms with Gasteiger partial charge in [-0.3, -0.25) is 0 Å². The Bertz CT molecular complexity index is 234. The molecule has 0 aromatic rings. The minimum atomic E-state index is -0.0223. The number of rotatable bonds is 1. The summed E-state index contributed by atoms with van der Waals surface area (Å²) in [7, 11) is 0. The van der Waals surface area contributed by atoms with Crippen molar-refractivity contribution >= 4 is 0 Å². The molecule has 1 heteroatoms. The van der Waals surface area contributed by atoms with E-state index >= 15 is 0 Å². The zero-order valence-electron chi connectivity index (χ0n) is 11.0. The number of ether oxygens (including phenoxy) is 1. The molecule has 0 aromatic heterocycles. The minimum absolute atomic E-state index is 0.0223. The van der Waals surface area contributed by atoms with Gasteiger partial charge in [0, 0.05) is 0 Å². The van der Waals surface area contributed by atoms with Crippen LogP contribution in [-0.2, 0) is 4.74 Å². The molecule has 0 spiro atoms. The van der Waals surface area contributed by atoms with Gasteiger partial charge >= 0.3 is 0 Å². The van der Waals surface area contributed by atoms with Crippen LogP contribution in [0.4, 0.5) is 0 Å². The van der Waals surface area contributed by atoms with Crippen LogP contribution in [0, 0.1) is 0 Å². The summed E-state index contributed by atoms with van der Waals surface area (Å²) in [5.41, 5.74) is 1.58. The van der Waals surface area contributed by atoms with Gasteiger partial charge in [-0.25, -0.2) is 0 Å². The van der Waals surface area contributed by atoms with Gasteiger partial charge < -0.3 is 4.74 Å². The van der Waals surface area contributed by atoms with Crippen molar-refractivity contribution in [2.75, 3.05) is 0 Å². The Morgan fingerprint density at radius 2 is 1.93 bits per heavy atom. The molecule has 1 aliphatic carbocycles. The van der Waals surface area contributed by atoms with Crippen molar-refractivity contribution in [1.82, 2.24) is 0 Å². The summed E-state index contributed by atoms with van der Waals surface area (Å²) >= 11 is 0. The van der Waals surface area contributed by atoms with Crippen LogP contribution in [0.3, 0.4) is 0 Å². The van der Waals surface area contributed by atoms with Crippen LogP contribution in [0.2, 0.25) is 0 Å². The lowest BCUT2D eigenvalue weighted by molar-refractivity contribution is -0.130. The maximum atomic E-state index is 6.22. The van der Waals surface area contributed by atoms with E-state index in [-0.39, 0.29) is 11.2 Å². The highest BCUT2D eigenvalue weighted by atomic mass is 16.5. The highest BCUT2D eigenvalue weighted by Gasteiger charge is 2.30. The van der Waals surface area contributed by atoms with Gasteiger partial charge in [0.2, 0.25) is 0 Å². The molecule has 0 aromatic carbocycles. The van der Waals surface area contributed by atoms with E-state index in [9.17, 15) is 0 Å². The van der Waals surface area contributed by atoms with Gasteiger partial charge in [-0.05, 0) is 66.7 Å². The lowest BCUT2D eigenvalue weighted by Crippen LogP contribution is -2.37. The average Bonchev–Trinajstić information content (AvgIpc) is 2.04. The van der Waals surface area contributed by atoms with Crippen LogP contribution in [0.25, 0.3) is 0 Å². The molecule has 0 fully saturated rings. The summed E-state index contributed by atoms with van der Waals surface area (Å²) < 4.78 is 6.22. The first-order valence-corrected chi connectivity index (χ1v) is 6.17. The SMILES string of the molecule is C/C1=C/CCCC(C)(OC(C)(C)C)CC1. The van der Waals surface area contributed by atoms with Crippen molar-refractivity contribution in [3.63, 3.8) is 0 Å². The van der Waals surface area contributed by atoms with E-state index in [4.69, 9.17) is 4.74 Å². The lowest BCUT2D eigenvalue weighted by Gasteiger charge is -2.38. The van der Waals surface area contributed by atoms with Crippen molar-refractivity contribution in [2.24, 2.45) is 0 Å². The molecule has 1 aliphatic rings.